The second kappa shape index (κ2) is 7.58. The SMILES string of the molecule is Nc1nc(N)c(-c2cc(F)c(Oc3ccnc4[nH]ccc34)c(F)c2)c(-c2ccncc2)n1. The highest BCUT2D eigenvalue weighted by molar-refractivity contribution is 5.88. The summed E-state index contributed by atoms with van der Waals surface area (Å²) in [6.45, 7) is 0. The standard InChI is InChI=1S/C22H15F2N7O/c23-14-9-12(17-18(11-1-5-27-6-2-11)30-22(26)31-20(17)25)10-15(24)19(14)32-16-4-8-29-21-13(16)3-7-28-21/h1-10H,(H,28,29)(H4,25,26,30,31). The van der Waals surface area contributed by atoms with Crippen LogP contribution in [0.2, 0.25) is 0 Å². The fourth-order valence-electron chi connectivity index (χ4n) is 3.44. The highest BCUT2D eigenvalue weighted by Crippen LogP contribution is 2.39. The topological polar surface area (TPSA) is 129 Å². The zero-order valence-electron chi connectivity index (χ0n) is 16.4. The van der Waals surface area contributed by atoms with E-state index in [1.165, 1.54) is 12.3 Å². The first-order valence-corrected chi connectivity index (χ1v) is 9.44. The van der Waals surface area contributed by atoms with Crippen molar-refractivity contribution in [1.29, 1.82) is 0 Å². The van der Waals surface area contributed by atoms with Gasteiger partial charge in [0.05, 0.1) is 16.6 Å². The minimum absolute atomic E-state index is 0.0139. The molecule has 5 N–H and O–H groups in total. The molecule has 0 spiro atoms. The summed E-state index contributed by atoms with van der Waals surface area (Å²) in [4.78, 5) is 19.2. The molecule has 0 aliphatic rings. The molecule has 0 saturated carbocycles. The largest absolute Gasteiger partial charge is 0.450 e. The second-order valence-corrected chi connectivity index (χ2v) is 6.85. The van der Waals surface area contributed by atoms with Crippen LogP contribution in [-0.4, -0.2) is 24.9 Å². The van der Waals surface area contributed by atoms with Crippen LogP contribution in [-0.2, 0) is 0 Å². The molecular formula is C22H15F2N7O. The molecule has 4 heterocycles. The Kier molecular flexibility index (Phi) is 4.59. The summed E-state index contributed by atoms with van der Waals surface area (Å²) in [6.07, 6.45) is 6.25. The number of rotatable bonds is 4. The van der Waals surface area contributed by atoms with E-state index in [0.717, 1.165) is 12.1 Å². The molecule has 0 atom stereocenters. The van der Waals surface area contributed by atoms with Gasteiger partial charge in [0.25, 0.3) is 0 Å². The zero-order valence-corrected chi connectivity index (χ0v) is 16.4. The number of hydrogen-bond donors (Lipinski definition) is 3. The van der Waals surface area contributed by atoms with Crippen molar-refractivity contribution >= 4 is 22.8 Å². The first kappa shape index (κ1) is 19.4. The highest BCUT2D eigenvalue weighted by atomic mass is 19.1. The van der Waals surface area contributed by atoms with Gasteiger partial charge in [-0.1, -0.05) is 0 Å². The van der Waals surface area contributed by atoms with Crippen molar-refractivity contribution in [3.63, 3.8) is 0 Å². The lowest BCUT2D eigenvalue weighted by Gasteiger charge is -2.14. The lowest BCUT2D eigenvalue weighted by molar-refractivity contribution is 0.411. The van der Waals surface area contributed by atoms with E-state index in [2.05, 4.69) is 24.9 Å². The van der Waals surface area contributed by atoms with Gasteiger partial charge in [0, 0.05) is 30.4 Å². The lowest BCUT2D eigenvalue weighted by Crippen LogP contribution is -2.05. The van der Waals surface area contributed by atoms with Gasteiger partial charge in [0.1, 0.15) is 17.2 Å². The molecule has 0 amide bonds. The predicted octanol–water partition coefficient (Wildman–Crippen LogP) is 4.32. The van der Waals surface area contributed by atoms with Crippen molar-refractivity contribution in [3.05, 3.63) is 72.8 Å². The van der Waals surface area contributed by atoms with Crippen molar-refractivity contribution in [2.75, 3.05) is 11.5 Å². The van der Waals surface area contributed by atoms with Gasteiger partial charge in [-0.3, -0.25) is 4.98 Å². The van der Waals surface area contributed by atoms with E-state index in [-0.39, 0.29) is 28.6 Å². The number of hydrogen-bond acceptors (Lipinski definition) is 7. The maximum Gasteiger partial charge on any atom is 0.222 e. The number of nitrogens with two attached hydrogens (primary N) is 2. The van der Waals surface area contributed by atoms with Crippen LogP contribution in [0.25, 0.3) is 33.4 Å². The zero-order chi connectivity index (χ0) is 22.2. The Morgan fingerprint density at radius 1 is 0.875 bits per heavy atom. The molecule has 4 aromatic heterocycles. The number of pyridine rings is 2. The van der Waals surface area contributed by atoms with Crippen molar-refractivity contribution in [2.45, 2.75) is 0 Å². The molecule has 8 nitrogen and oxygen atoms in total. The Balaban J connectivity index is 1.62. The van der Waals surface area contributed by atoms with Crippen molar-refractivity contribution in [1.82, 2.24) is 24.9 Å². The van der Waals surface area contributed by atoms with Crippen LogP contribution in [0.5, 0.6) is 11.5 Å². The van der Waals surface area contributed by atoms with Crippen LogP contribution >= 0.6 is 0 Å². The Labute approximate surface area is 179 Å². The molecular weight excluding hydrogens is 416 g/mol. The van der Waals surface area contributed by atoms with Gasteiger partial charge in [-0.25, -0.2) is 18.7 Å². The van der Waals surface area contributed by atoms with E-state index in [1.807, 2.05) is 0 Å². The Morgan fingerprint density at radius 2 is 1.62 bits per heavy atom. The first-order valence-electron chi connectivity index (χ1n) is 9.44. The van der Waals surface area contributed by atoms with Gasteiger partial charge < -0.3 is 21.2 Å². The number of aromatic amines is 1. The van der Waals surface area contributed by atoms with Crippen LogP contribution in [0.4, 0.5) is 20.5 Å². The number of anilines is 2. The fraction of sp³-hybridized carbons (Fsp3) is 0. The minimum atomic E-state index is -0.919. The van der Waals surface area contributed by atoms with Crippen LogP contribution in [0.15, 0.2) is 61.2 Å². The van der Waals surface area contributed by atoms with Gasteiger partial charge in [-0.15, -0.1) is 0 Å². The molecule has 10 heteroatoms. The van der Waals surface area contributed by atoms with Crippen LogP contribution in [0.1, 0.15) is 0 Å². The Morgan fingerprint density at radius 3 is 2.38 bits per heavy atom. The molecule has 5 rings (SSSR count). The van der Waals surface area contributed by atoms with E-state index in [9.17, 15) is 0 Å². The summed E-state index contributed by atoms with van der Waals surface area (Å²) in [5, 5.41) is 0.589. The normalized spacial score (nSPS) is 11.1. The quantitative estimate of drug-likeness (QED) is 0.387. The number of benzene rings is 1. The summed E-state index contributed by atoms with van der Waals surface area (Å²) in [5.41, 5.74) is 13.7. The smallest absolute Gasteiger partial charge is 0.222 e. The molecule has 0 aliphatic heterocycles. The molecule has 158 valence electrons. The highest BCUT2D eigenvalue weighted by Gasteiger charge is 2.21. The van der Waals surface area contributed by atoms with E-state index in [0.29, 0.717) is 22.3 Å². The van der Waals surface area contributed by atoms with E-state index < -0.39 is 17.4 Å². The Hall–Kier alpha value is -4.60. The molecule has 0 aliphatic carbocycles. The predicted molar refractivity (Wildman–Crippen MR) is 116 cm³/mol. The molecule has 32 heavy (non-hydrogen) atoms. The number of nitrogens with one attached hydrogen (secondary N) is 1. The fourth-order valence-corrected chi connectivity index (χ4v) is 3.44. The summed E-state index contributed by atoms with van der Waals surface area (Å²) < 4.78 is 35.7. The minimum Gasteiger partial charge on any atom is -0.450 e. The van der Waals surface area contributed by atoms with Crippen LogP contribution in [0, 0.1) is 11.6 Å². The third-order valence-corrected chi connectivity index (χ3v) is 4.83. The maximum atomic E-state index is 15.0. The van der Waals surface area contributed by atoms with Crippen molar-refractivity contribution < 1.29 is 13.5 Å². The molecule has 0 unspecified atom stereocenters. The summed E-state index contributed by atoms with van der Waals surface area (Å²) in [6, 6.07) is 8.82. The maximum absolute atomic E-state index is 15.0. The second-order valence-electron chi connectivity index (χ2n) is 6.85. The van der Waals surface area contributed by atoms with E-state index in [4.69, 9.17) is 16.2 Å². The molecule has 5 aromatic rings. The third-order valence-electron chi connectivity index (χ3n) is 4.83. The number of nitrogen functional groups attached to an aromatic ring is 2. The van der Waals surface area contributed by atoms with Gasteiger partial charge in [-0.05, 0) is 42.0 Å². The van der Waals surface area contributed by atoms with Crippen molar-refractivity contribution in [2.24, 2.45) is 0 Å². The number of fused-ring (bicyclic) bond motifs is 1. The lowest BCUT2D eigenvalue weighted by atomic mass is 9.99. The Bertz CT molecular complexity index is 1430. The van der Waals surface area contributed by atoms with Gasteiger partial charge >= 0.3 is 0 Å². The summed E-state index contributed by atoms with van der Waals surface area (Å²) in [5.74, 6) is -2.21. The van der Waals surface area contributed by atoms with Gasteiger partial charge in [0.15, 0.2) is 17.4 Å². The number of aromatic nitrogens is 5. The molecule has 0 bridgehead atoms. The number of nitrogens with zero attached hydrogens (tertiary/aromatic N) is 4. The number of halogens is 2. The van der Waals surface area contributed by atoms with Crippen molar-refractivity contribution in [3.8, 4) is 33.9 Å². The first-order chi connectivity index (χ1) is 15.5. The van der Waals surface area contributed by atoms with Crippen LogP contribution < -0.4 is 16.2 Å². The molecule has 1 aromatic carbocycles. The number of ether oxygens (including phenoxy) is 1. The molecule has 0 saturated heterocycles. The summed E-state index contributed by atoms with van der Waals surface area (Å²) >= 11 is 0. The number of H-pyrrole nitrogens is 1. The molecule has 0 radical (unpaired) electrons. The van der Waals surface area contributed by atoms with E-state index >= 15 is 8.78 Å². The van der Waals surface area contributed by atoms with Crippen LogP contribution in [0.3, 0.4) is 0 Å². The monoisotopic (exact) mass is 431 g/mol. The van der Waals surface area contributed by atoms with E-state index in [1.54, 1.807) is 36.8 Å². The average molecular weight is 431 g/mol. The molecule has 0 fully saturated rings. The average Bonchev–Trinajstić information content (AvgIpc) is 3.26. The van der Waals surface area contributed by atoms with Gasteiger partial charge in [0.2, 0.25) is 5.95 Å². The third kappa shape index (κ3) is 3.33. The summed E-state index contributed by atoms with van der Waals surface area (Å²) in [7, 11) is 0. The van der Waals surface area contributed by atoms with Gasteiger partial charge in [-0.2, -0.15) is 4.98 Å².